The maximum absolute atomic E-state index is 8.48. The molecule has 0 aliphatic carbocycles. The molecule has 7 heteroatoms. The van der Waals surface area contributed by atoms with Crippen molar-refractivity contribution in [1.29, 1.82) is 0 Å². The van der Waals surface area contributed by atoms with E-state index in [-0.39, 0.29) is 25.7 Å². The van der Waals surface area contributed by atoms with Gasteiger partial charge in [0.15, 0.2) is 0 Å². The Labute approximate surface area is 325 Å². The van der Waals surface area contributed by atoms with Crippen molar-refractivity contribution in [1.82, 2.24) is 19.5 Å². The molecule has 1 radical (unpaired) electrons. The molecule has 0 saturated heterocycles. The third-order valence-electron chi connectivity index (χ3n) is 8.84. The van der Waals surface area contributed by atoms with E-state index < -0.39 is 20.8 Å². The number of imidazole rings is 1. The first-order valence-electron chi connectivity index (χ1n) is 18.8. The molecule has 0 N–H and O–H groups in total. The van der Waals surface area contributed by atoms with Crippen LogP contribution in [0.15, 0.2) is 109 Å². The Hall–Kier alpha value is -4.26. The number of fused-ring (bicyclic) bond motifs is 4. The number of benzene rings is 4. The van der Waals surface area contributed by atoms with Crippen LogP contribution < -0.4 is 5.19 Å². The number of nitrogens with zero attached hydrogens (tertiary/aromatic N) is 4. The summed E-state index contributed by atoms with van der Waals surface area (Å²) in [5, 5.41) is 3.60. The second-order valence-electron chi connectivity index (χ2n) is 13.9. The fourth-order valence-corrected chi connectivity index (χ4v) is 9.06. The third-order valence-corrected chi connectivity index (χ3v) is 12.0. The van der Waals surface area contributed by atoms with Gasteiger partial charge in [0, 0.05) is 44.0 Å². The van der Waals surface area contributed by atoms with Gasteiger partial charge < -0.3 is 9.55 Å². The normalized spacial score (nSPS) is 13.1. The predicted molar refractivity (Wildman–Crippen MR) is 215 cm³/mol. The fourth-order valence-electron chi connectivity index (χ4n) is 6.27. The van der Waals surface area contributed by atoms with Crippen molar-refractivity contribution < 1.29 is 25.6 Å². The molecule has 4 aromatic heterocycles. The Morgan fingerprint density at radius 3 is 2.41 bits per heavy atom. The van der Waals surface area contributed by atoms with Crippen molar-refractivity contribution in [2.24, 2.45) is 0 Å². The van der Waals surface area contributed by atoms with Crippen LogP contribution in [0.5, 0.6) is 0 Å². The van der Waals surface area contributed by atoms with Crippen LogP contribution in [-0.2, 0) is 26.7 Å². The van der Waals surface area contributed by atoms with E-state index in [2.05, 4.69) is 108 Å². The average Bonchev–Trinajstić information content (AvgIpc) is 3.69. The van der Waals surface area contributed by atoms with Crippen molar-refractivity contribution in [3.8, 4) is 22.6 Å². The van der Waals surface area contributed by atoms with E-state index >= 15 is 0 Å². The minimum atomic E-state index is -2.13. The Bertz CT molecular complexity index is 2610. The summed E-state index contributed by atoms with van der Waals surface area (Å²) >= 11 is 1.73. The Morgan fingerprint density at radius 2 is 1.69 bits per heavy atom. The standard InChI is InChI=1S/C26H18N3S.C18H24NSi.Ir/c1-17-14-15-20-19-10-7-11-21(24(19)30-26(20)27-17)25-28-22-12-5-6-13-23(22)29(25)16-18-8-3-2-4-9-18;1-13(2)16-11-17(15-9-7-14(3)8-10-15)19-12-18(16)20(4,5)6;/h2-10,12-15H,16H2,1H3;7-9,11-13H,1-6H3;/q2*-1;/i;3D3,13D;. The van der Waals surface area contributed by atoms with Crippen LogP contribution in [0.2, 0.25) is 19.6 Å². The first kappa shape index (κ1) is 31.5. The van der Waals surface area contributed by atoms with Gasteiger partial charge in [0.25, 0.3) is 0 Å². The molecule has 51 heavy (non-hydrogen) atoms. The van der Waals surface area contributed by atoms with E-state index in [9.17, 15) is 0 Å². The van der Waals surface area contributed by atoms with Gasteiger partial charge in [0.05, 0.1) is 24.9 Å². The van der Waals surface area contributed by atoms with Gasteiger partial charge in [-0.15, -0.1) is 53.6 Å². The van der Waals surface area contributed by atoms with E-state index in [1.807, 2.05) is 45.2 Å². The molecule has 8 aromatic rings. The molecule has 0 bridgehead atoms. The summed E-state index contributed by atoms with van der Waals surface area (Å²) < 4.78 is 34.3. The molecular weight excluding hydrogens is 837 g/mol. The largest absolute Gasteiger partial charge is 0.360 e. The number of hydrogen-bond acceptors (Lipinski definition) is 4. The summed E-state index contributed by atoms with van der Waals surface area (Å²) in [6, 6.07) is 40.6. The summed E-state index contributed by atoms with van der Waals surface area (Å²) in [4.78, 5) is 15.4. The molecule has 0 unspecified atom stereocenters. The quantitative estimate of drug-likeness (QED) is 0.123. The Kier molecular flexibility index (Phi) is 9.35. The van der Waals surface area contributed by atoms with Gasteiger partial charge in [-0.05, 0) is 57.5 Å². The fraction of sp³-hybridized carbons (Fsp3) is 0.205. The van der Waals surface area contributed by atoms with Crippen LogP contribution in [-0.4, -0.2) is 27.6 Å². The third kappa shape index (κ3) is 7.68. The van der Waals surface area contributed by atoms with Crippen LogP contribution in [0.25, 0.3) is 54.0 Å². The molecule has 0 fully saturated rings. The zero-order valence-electron chi connectivity index (χ0n) is 33.6. The van der Waals surface area contributed by atoms with E-state index in [0.717, 1.165) is 56.3 Å². The number of para-hydroxylation sites is 2. The van der Waals surface area contributed by atoms with Gasteiger partial charge in [-0.2, -0.15) is 11.3 Å². The zero-order valence-corrected chi connectivity index (χ0v) is 33.8. The number of hydrogen-bond donors (Lipinski definition) is 0. The van der Waals surface area contributed by atoms with Crippen LogP contribution in [0.4, 0.5) is 0 Å². The van der Waals surface area contributed by atoms with Crippen molar-refractivity contribution in [3.63, 3.8) is 0 Å². The molecule has 4 heterocycles. The maximum atomic E-state index is 8.48. The van der Waals surface area contributed by atoms with Crippen molar-refractivity contribution >= 4 is 55.9 Å². The van der Waals surface area contributed by atoms with Gasteiger partial charge in [-0.25, -0.2) is 4.98 Å². The molecule has 4 nitrogen and oxygen atoms in total. The van der Waals surface area contributed by atoms with Crippen LogP contribution in [0.3, 0.4) is 0 Å². The van der Waals surface area contributed by atoms with Crippen molar-refractivity contribution in [2.75, 3.05) is 0 Å². The monoisotopic (exact) mass is 883 g/mol. The zero-order chi connectivity index (χ0) is 38.4. The van der Waals surface area contributed by atoms with Gasteiger partial charge in [0.2, 0.25) is 0 Å². The second kappa shape index (κ2) is 15.1. The van der Waals surface area contributed by atoms with E-state index in [4.69, 9.17) is 15.5 Å². The summed E-state index contributed by atoms with van der Waals surface area (Å²) in [5.74, 6) is 0.236. The molecular formula is C44H42IrN4SSi-2. The molecule has 0 saturated carbocycles. The molecule has 0 atom stereocenters. The van der Waals surface area contributed by atoms with Gasteiger partial charge in [0.1, 0.15) is 4.83 Å². The number of rotatable bonds is 6. The topological polar surface area (TPSA) is 43.6 Å². The first-order valence-corrected chi connectivity index (χ1v) is 21.1. The summed E-state index contributed by atoms with van der Waals surface area (Å²) in [7, 11) is -1.61. The van der Waals surface area contributed by atoms with Crippen molar-refractivity contribution in [3.05, 3.63) is 144 Å². The molecule has 0 aliphatic rings. The Morgan fingerprint density at radius 1 is 0.902 bits per heavy atom. The number of aromatic nitrogens is 4. The maximum Gasteiger partial charge on any atom is 0.113 e. The predicted octanol–water partition coefficient (Wildman–Crippen LogP) is 11.1. The van der Waals surface area contributed by atoms with Crippen molar-refractivity contribution in [2.45, 2.75) is 59.7 Å². The van der Waals surface area contributed by atoms with Gasteiger partial charge >= 0.3 is 0 Å². The smallest absolute Gasteiger partial charge is 0.113 e. The van der Waals surface area contributed by atoms with Crippen LogP contribution >= 0.6 is 11.3 Å². The summed E-state index contributed by atoms with van der Waals surface area (Å²) in [5.41, 5.74) is 8.20. The van der Waals surface area contributed by atoms with Gasteiger partial charge in [-0.1, -0.05) is 111 Å². The number of pyridine rings is 2. The first-order chi connectivity index (χ1) is 25.6. The second-order valence-corrected chi connectivity index (χ2v) is 19.9. The molecule has 0 amide bonds. The van der Waals surface area contributed by atoms with E-state index in [1.54, 1.807) is 23.5 Å². The molecule has 259 valence electrons. The molecule has 4 aromatic carbocycles. The van der Waals surface area contributed by atoms with E-state index in [1.165, 1.54) is 32.3 Å². The average molecular weight is 883 g/mol. The number of thiophene rings is 1. The molecule has 8 rings (SSSR count). The van der Waals surface area contributed by atoms with Gasteiger partial charge in [-0.3, -0.25) is 4.98 Å². The van der Waals surface area contributed by atoms with E-state index in [0.29, 0.717) is 0 Å². The summed E-state index contributed by atoms with van der Waals surface area (Å²) in [6.45, 7) is 11.2. The summed E-state index contributed by atoms with van der Waals surface area (Å²) in [6.07, 6.45) is 1.89. The molecule has 0 spiro atoms. The SMILES string of the molecule is Cc1ccc2c(n1)sc1c(-c3nc4ccccc4n3Cc3ccccc3)[c-]ccc12.[2H]C([2H])([2H])c1c[c-]c(-c2cc(C([2H])(C)C)c([Si](C)(C)C)cn2)cc1.[Ir]. The van der Waals surface area contributed by atoms with Crippen LogP contribution in [0, 0.1) is 25.9 Å². The number of aryl methyl sites for hydroxylation is 2. The Balaban J connectivity index is 0.000000189. The minimum Gasteiger partial charge on any atom is -0.360 e. The van der Waals surface area contributed by atoms with Crippen LogP contribution in [0.1, 0.15) is 47.6 Å². The minimum absolute atomic E-state index is 0. The molecule has 0 aliphatic heterocycles.